The van der Waals surface area contributed by atoms with Gasteiger partial charge in [-0.2, -0.15) is 0 Å². The van der Waals surface area contributed by atoms with Crippen LogP contribution >= 0.6 is 59.9 Å². The highest BCUT2D eigenvalue weighted by Crippen LogP contribution is 2.03. The Morgan fingerprint density at radius 2 is 1.00 bits per heavy atom. The first kappa shape index (κ1) is 10.6. The molecule has 0 atom stereocenters. The lowest BCUT2D eigenvalue weighted by Crippen LogP contribution is -1.55. The Balaban J connectivity index is 0. The fourth-order valence-corrected chi connectivity index (χ4v) is 0. The molecule has 0 unspecified atom stereocenters. The van der Waals surface area contributed by atoms with Gasteiger partial charge in [0, 0.05) is 15.0 Å². The Bertz CT molecular complexity index is 12.3. The van der Waals surface area contributed by atoms with Crippen LogP contribution in [0.3, 0.4) is 0 Å². The van der Waals surface area contributed by atoms with Gasteiger partial charge in [-0.25, -0.2) is 0 Å². The van der Waals surface area contributed by atoms with Crippen molar-refractivity contribution in [2.45, 2.75) is 4.30 Å². The maximum absolute atomic E-state index is 4.81. The largest absolute Gasteiger partial charge is 0.180 e. The van der Waals surface area contributed by atoms with Gasteiger partial charge in [-0.15, -0.1) is 0 Å². The molecule has 0 aliphatic rings. The molecule has 5 heteroatoms. The lowest BCUT2D eigenvalue weighted by Gasteiger charge is -1.69. The molecule has 0 N–H and O–H groups in total. The van der Waals surface area contributed by atoms with Crippen LogP contribution in [-0.4, -0.2) is 4.30 Å². The molecule has 0 saturated heterocycles. The van der Waals surface area contributed by atoms with E-state index < -0.39 is 4.30 Å². The third-order valence-electron chi connectivity index (χ3n) is 0. The lowest BCUT2D eigenvalue weighted by atomic mass is 11.9. The van der Waals surface area contributed by atoms with E-state index in [-0.39, 0.29) is 0 Å². The van der Waals surface area contributed by atoms with Crippen molar-refractivity contribution in [3.63, 3.8) is 0 Å². The third kappa shape index (κ3) is 45.1. The summed E-state index contributed by atoms with van der Waals surface area (Å²) >= 11 is 16.8. The summed E-state index contributed by atoms with van der Waals surface area (Å²) in [6.07, 6.45) is 0. The van der Waals surface area contributed by atoms with Crippen molar-refractivity contribution in [2.75, 3.05) is 0 Å². The van der Waals surface area contributed by atoms with Crippen molar-refractivity contribution in [1.29, 1.82) is 0 Å². The number of halogens is 5. The van der Waals surface area contributed by atoms with Gasteiger partial charge in [0.05, 0.1) is 0 Å². The minimum absolute atomic E-state index is 0.750. The highest BCUT2D eigenvalue weighted by atomic mass is 79.9. The highest BCUT2D eigenvalue weighted by Gasteiger charge is 1.78. The van der Waals surface area contributed by atoms with Gasteiger partial charge < -0.3 is 0 Å². The monoisotopic (exact) mass is 232 g/mol. The fraction of sp³-hybridized carbons (Fsp3) is 1.00. The predicted octanol–water partition coefficient (Wildman–Crippen LogP) is 3.52. The van der Waals surface area contributed by atoms with Crippen LogP contribution in [0.15, 0.2) is 0 Å². The molecule has 0 rings (SSSR count). The van der Waals surface area contributed by atoms with Crippen LogP contribution in [0.25, 0.3) is 0 Å². The van der Waals surface area contributed by atoms with Crippen LogP contribution in [0.4, 0.5) is 0 Å². The van der Waals surface area contributed by atoms with Crippen LogP contribution in [0.5, 0.6) is 0 Å². The van der Waals surface area contributed by atoms with Crippen molar-refractivity contribution in [3.05, 3.63) is 0 Å². The van der Waals surface area contributed by atoms with E-state index in [4.69, 9.17) is 34.8 Å². The summed E-state index contributed by atoms with van der Waals surface area (Å²) in [5, 5.41) is 0. The Labute approximate surface area is 64.1 Å². The number of hydrogen-bond donors (Lipinski definition) is 0. The minimum atomic E-state index is -0.750. The predicted molar refractivity (Wildman–Crippen MR) is 36.1 cm³/mol. The van der Waals surface area contributed by atoms with E-state index in [1.165, 1.54) is 0 Å². The van der Waals surface area contributed by atoms with Crippen LogP contribution < -0.4 is 0 Å². The molecular formula is CHBrCl4. The highest BCUT2D eigenvalue weighted by molar-refractivity contribution is 9.22. The van der Waals surface area contributed by atoms with E-state index in [1.54, 1.807) is 0 Å². The number of hydrogen-bond acceptors (Lipinski definition) is 0. The summed E-state index contributed by atoms with van der Waals surface area (Å²) in [7, 11) is 4.45. The van der Waals surface area contributed by atoms with Crippen molar-refractivity contribution in [1.82, 2.24) is 0 Å². The summed E-state index contributed by atoms with van der Waals surface area (Å²) < 4.78 is -0.750. The molecule has 0 aliphatic carbocycles. The zero-order valence-electron chi connectivity index (χ0n) is 2.47. The Hall–Kier alpha value is 1.64. The van der Waals surface area contributed by atoms with E-state index >= 15 is 0 Å². The van der Waals surface area contributed by atoms with Gasteiger partial charge >= 0.3 is 0 Å². The van der Waals surface area contributed by atoms with E-state index in [1.807, 2.05) is 0 Å². The van der Waals surface area contributed by atoms with Gasteiger partial charge in [0.25, 0.3) is 0 Å². The maximum Gasteiger partial charge on any atom is 0.180 e. The van der Waals surface area contributed by atoms with Crippen LogP contribution in [0.2, 0.25) is 0 Å². The van der Waals surface area contributed by atoms with Crippen molar-refractivity contribution in [2.24, 2.45) is 0 Å². The Kier molecular flexibility index (Phi) is 17.3. The quantitative estimate of drug-likeness (QED) is 0.563. The van der Waals surface area contributed by atoms with Gasteiger partial charge in [0.2, 0.25) is 0 Å². The van der Waals surface area contributed by atoms with Crippen LogP contribution in [-0.2, 0) is 0 Å². The van der Waals surface area contributed by atoms with Crippen LogP contribution in [0.1, 0.15) is 0 Å². The molecule has 0 bridgehead atoms. The molecule has 0 aliphatic heterocycles. The van der Waals surface area contributed by atoms with E-state index in [9.17, 15) is 0 Å². The normalized spacial score (nSPS) is 7.00. The molecule has 0 amide bonds. The Morgan fingerprint density at radius 1 is 1.00 bits per heavy atom. The summed E-state index contributed by atoms with van der Waals surface area (Å²) in [5.41, 5.74) is 0. The van der Waals surface area contributed by atoms with Crippen molar-refractivity contribution >= 4 is 59.9 Å². The van der Waals surface area contributed by atoms with Crippen molar-refractivity contribution in [3.8, 4) is 0 Å². The smallest absolute Gasteiger partial charge is 0.0874 e. The zero-order valence-corrected chi connectivity index (χ0v) is 7.08. The first-order valence-corrected chi connectivity index (χ1v) is 4.19. The molecule has 0 saturated carbocycles. The second kappa shape index (κ2) is 9.81. The Morgan fingerprint density at radius 3 is 1.00 bits per heavy atom. The maximum atomic E-state index is 4.81. The summed E-state index contributed by atoms with van der Waals surface area (Å²) in [5.74, 6) is 0. The van der Waals surface area contributed by atoms with E-state index in [2.05, 4.69) is 25.1 Å². The van der Waals surface area contributed by atoms with Gasteiger partial charge in [-0.05, 0) is 10.1 Å². The third-order valence-corrected chi connectivity index (χ3v) is 0. The fourth-order valence-electron chi connectivity index (χ4n) is 0. The van der Waals surface area contributed by atoms with Crippen LogP contribution in [0, 0.1) is 0 Å². The summed E-state index contributed by atoms with van der Waals surface area (Å²) in [6, 6.07) is 0. The second-order valence-electron chi connectivity index (χ2n) is 0.247. The standard InChI is InChI=1S/CHCl3.BrCl/c2-1(3)4;1-2/h1H;. The molecule has 0 spiro atoms. The topological polar surface area (TPSA) is 0 Å². The molecule has 0 aromatic heterocycles. The zero-order chi connectivity index (χ0) is 5.58. The molecule has 6 heavy (non-hydrogen) atoms. The summed E-state index contributed by atoms with van der Waals surface area (Å²) in [4.78, 5) is 0. The van der Waals surface area contributed by atoms with Crippen molar-refractivity contribution < 1.29 is 0 Å². The lowest BCUT2D eigenvalue weighted by molar-refractivity contribution is 1.96. The molecule has 0 aromatic carbocycles. The first-order chi connectivity index (χ1) is 2.73. The molecular weight excluding hydrogens is 234 g/mol. The molecule has 0 radical (unpaired) electrons. The first-order valence-electron chi connectivity index (χ1n) is 0.798. The minimum Gasteiger partial charge on any atom is -0.0874 e. The average Bonchev–Trinajstić information content (AvgIpc) is 1.41. The van der Waals surface area contributed by atoms with Gasteiger partial charge in [0.1, 0.15) is 0 Å². The van der Waals surface area contributed by atoms with Gasteiger partial charge in [0.15, 0.2) is 4.30 Å². The second-order valence-corrected chi connectivity index (χ2v) is 2.23. The molecule has 0 aromatic rings. The van der Waals surface area contributed by atoms with Gasteiger partial charge in [-0.3, -0.25) is 0 Å². The average molecular weight is 235 g/mol. The molecule has 0 fully saturated rings. The summed E-state index contributed by atoms with van der Waals surface area (Å²) in [6.45, 7) is 0. The SMILES string of the molecule is ClBr.ClC(Cl)Cl. The molecule has 0 heterocycles. The molecule has 40 valence electrons. The van der Waals surface area contributed by atoms with Gasteiger partial charge in [-0.1, -0.05) is 34.8 Å². The van der Waals surface area contributed by atoms with E-state index in [0.717, 1.165) is 0 Å². The number of rotatable bonds is 0. The number of alkyl halides is 3. The van der Waals surface area contributed by atoms with E-state index in [0.29, 0.717) is 0 Å². The molecule has 0 nitrogen and oxygen atoms in total.